The lowest BCUT2D eigenvalue weighted by molar-refractivity contribution is -0.0531. The van der Waals surface area contributed by atoms with E-state index in [0.29, 0.717) is 0 Å². The maximum absolute atomic E-state index is 5.57. The summed E-state index contributed by atoms with van der Waals surface area (Å²) in [4.78, 5) is 2.44. The first-order chi connectivity index (χ1) is 8.19. The van der Waals surface area contributed by atoms with Crippen molar-refractivity contribution in [3.63, 3.8) is 0 Å². The molecule has 1 aliphatic rings. The first-order valence-electron chi connectivity index (χ1n) is 6.50. The van der Waals surface area contributed by atoms with Gasteiger partial charge in [-0.2, -0.15) is 0 Å². The van der Waals surface area contributed by atoms with Crippen molar-refractivity contribution in [2.75, 3.05) is 20.2 Å². The molecule has 0 radical (unpaired) electrons. The topological polar surface area (TPSA) is 25.6 Å². The van der Waals surface area contributed by atoms with Crippen molar-refractivity contribution >= 4 is 0 Å². The summed E-state index contributed by atoms with van der Waals surface area (Å²) in [5.74, 6) is 1.13. The minimum atomic E-state index is 0.200. The van der Waals surface area contributed by atoms with E-state index in [4.69, 9.17) is 9.15 Å². The van der Waals surface area contributed by atoms with Gasteiger partial charge in [-0.05, 0) is 31.4 Å². The van der Waals surface area contributed by atoms with Crippen LogP contribution in [-0.2, 0) is 10.2 Å². The van der Waals surface area contributed by atoms with E-state index in [1.165, 1.54) is 0 Å². The van der Waals surface area contributed by atoms with Gasteiger partial charge >= 0.3 is 0 Å². The zero-order valence-electron chi connectivity index (χ0n) is 11.1. The molecule has 1 fully saturated rings. The van der Waals surface area contributed by atoms with Crippen molar-refractivity contribution in [3.8, 4) is 0 Å². The summed E-state index contributed by atoms with van der Waals surface area (Å²) in [5, 5.41) is 0. The quantitative estimate of drug-likeness (QED) is 0.805. The third kappa shape index (κ3) is 2.55. The molecule has 2 heterocycles. The smallest absolute Gasteiger partial charge is 0.109 e. The molecule has 0 N–H and O–H groups in total. The fourth-order valence-corrected chi connectivity index (χ4v) is 2.75. The molecule has 0 aliphatic carbocycles. The Hall–Kier alpha value is -0.800. The molecule has 1 aromatic rings. The van der Waals surface area contributed by atoms with Crippen molar-refractivity contribution in [2.24, 2.45) is 0 Å². The van der Waals surface area contributed by atoms with Gasteiger partial charge in [0.2, 0.25) is 0 Å². The minimum absolute atomic E-state index is 0.200. The molecule has 3 heteroatoms. The number of methoxy groups -OCH3 is 1. The van der Waals surface area contributed by atoms with Crippen LogP contribution in [0.1, 0.15) is 38.9 Å². The molecule has 1 unspecified atom stereocenters. The van der Waals surface area contributed by atoms with Gasteiger partial charge in [0.15, 0.2) is 0 Å². The fourth-order valence-electron chi connectivity index (χ4n) is 2.75. The number of rotatable bonds is 4. The molecule has 0 bridgehead atoms. The van der Waals surface area contributed by atoms with E-state index in [2.05, 4.69) is 24.8 Å². The Balaban J connectivity index is 1.98. The van der Waals surface area contributed by atoms with Gasteiger partial charge in [-0.3, -0.25) is 4.90 Å². The summed E-state index contributed by atoms with van der Waals surface area (Å²) in [7, 11) is 1.80. The average molecular weight is 237 g/mol. The van der Waals surface area contributed by atoms with Gasteiger partial charge in [0.25, 0.3) is 0 Å². The van der Waals surface area contributed by atoms with E-state index in [9.17, 15) is 0 Å². The minimum Gasteiger partial charge on any atom is -0.469 e. The van der Waals surface area contributed by atoms with E-state index < -0.39 is 0 Å². The van der Waals surface area contributed by atoms with Crippen LogP contribution in [0.25, 0.3) is 0 Å². The number of hydrogen-bond donors (Lipinski definition) is 0. The molecule has 1 aliphatic heterocycles. The number of piperidine rings is 1. The lowest BCUT2D eigenvalue weighted by Crippen LogP contribution is -2.46. The summed E-state index contributed by atoms with van der Waals surface area (Å²) < 4.78 is 11.1. The third-order valence-corrected chi connectivity index (χ3v) is 4.05. The maximum Gasteiger partial charge on any atom is 0.109 e. The van der Waals surface area contributed by atoms with Gasteiger partial charge in [-0.15, -0.1) is 0 Å². The van der Waals surface area contributed by atoms with Crippen LogP contribution in [0.4, 0.5) is 0 Å². The standard InChI is InChI=1S/C14H23NO2/c1-4-13(16-3)15-9-7-14(2,8-10-15)12-6-5-11-17-12/h5-6,11,13H,4,7-10H2,1-3H3. The van der Waals surface area contributed by atoms with Gasteiger partial charge in [0.05, 0.1) is 6.26 Å². The zero-order chi connectivity index (χ0) is 12.3. The van der Waals surface area contributed by atoms with E-state index in [1.54, 1.807) is 13.4 Å². The normalized spacial score (nSPS) is 22.5. The van der Waals surface area contributed by atoms with Crippen LogP contribution in [-0.4, -0.2) is 31.3 Å². The summed E-state index contributed by atoms with van der Waals surface area (Å²) in [6, 6.07) is 4.08. The van der Waals surface area contributed by atoms with Crippen LogP contribution in [0.5, 0.6) is 0 Å². The van der Waals surface area contributed by atoms with Crippen molar-refractivity contribution in [1.29, 1.82) is 0 Å². The second-order valence-corrected chi connectivity index (χ2v) is 5.17. The van der Waals surface area contributed by atoms with E-state index >= 15 is 0 Å². The molecule has 0 spiro atoms. The van der Waals surface area contributed by atoms with Crippen LogP contribution in [0, 0.1) is 0 Å². The average Bonchev–Trinajstić information content (AvgIpc) is 2.87. The Kier molecular flexibility index (Phi) is 3.89. The van der Waals surface area contributed by atoms with Gasteiger partial charge in [-0.1, -0.05) is 13.8 Å². The maximum atomic E-state index is 5.57. The SMILES string of the molecule is CCC(OC)N1CCC(C)(c2ccco2)CC1. The summed E-state index contributed by atoms with van der Waals surface area (Å²) in [6.07, 6.45) is 5.38. The fraction of sp³-hybridized carbons (Fsp3) is 0.714. The third-order valence-electron chi connectivity index (χ3n) is 4.05. The molecular formula is C14H23NO2. The van der Waals surface area contributed by atoms with Crippen molar-refractivity contribution in [2.45, 2.75) is 44.8 Å². The predicted molar refractivity (Wildman–Crippen MR) is 68.0 cm³/mol. The Bertz CT molecular complexity index is 322. The molecule has 0 aromatic carbocycles. The van der Waals surface area contributed by atoms with Crippen LogP contribution in [0.3, 0.4) is 0 Å². The first kappa shape index (κ1) is 12.7. The number of furan rings is 1. The first-order valence-corrected chi connectivity index (χ1v) is 6.50. The summed E-state index contributed by atoms with van der Waals surface area (Å²) >= 11 is 0. The number of likely N-dealkylation sites (tertiary alicyclic amines) is 1. The van der Waals surface area contributed by atoms with Crippen LogP contribution < -0.4 is 0 Å². The lowest BCUT2D eigenvalue weighted by atomic mass is 9.78. The van der Waals surface area contributed by atoms with Crippen LogP contribution in [0.15, 0.2) is 22.8 Å². The van der Waals surface area contributed by atoms with E-state index in [-0.39, 0.29) is 11.6 Å². The Morgan fingerprint density at radius 2 is 2.18 bits per heavy atom. The van der Waals surface area contributed by atoms with E-state index in [0.717, 1.165) is 38.1 Å². The van der Waals surface area contributed by atoms with Gasteiger partial charge in [0, 0.05) is 25.6 Å². The molecule has 3 nitrogen and oxygen atoms in total. The van der Waals surface area contributed by atoms with Crippen LogP contribution in [0.2, 0.25) is 0 Å². The number of hydrogen-bond acceptors (Lipinski definition) is 3. The van der Waals surface area contributed by atoms with Gasteiger partial charge in [-0.25, -0.2) is 0 Å². The highest BCUT2D eigenvalue weighted by Gasteiger charge is 2.35. The van der Waals surface area contributed by atoms with Gasteiger partial charge < -0.3 is 9.15 Å². The predicted octanol–water partition coefficient (Wildman–Crippen LogP) is 3.02. The second kappa shape index (κ2) is 5.23. The molecule has 1 aromatic heterocycles. The molecule has 0 saturated carbocycles. The summed E-state index contributed by atoms with van der Waals surface area (Å²) in [5.41, 5.74) is 0.200. The molecule has 17 heavy (non-hydrogen) atoms. The molecule has 1 atom stereocenters. The van der Waals surface area contributed by atoms with E-state index in [1.807, 2.05) is 6.07 Å². The van der Waals surface area contributed by atoms with Gasteiger partial charge in [0.1, 0.15) is 12.0 Å². The molecule has 1 saturated heterocycles. The Morgan fingerprint density at radius 1 is 1.47 bits per heavy atom. The number of nitrogens with zero attached hydrogens (tertiary/aromatic N) is 1. The van der Waals surface area contributed by atoms with Crippen molar-refractivity contribution in [3.05, 3.63) is 24.2 Å². The number of ether oxygens (including phenoxy) is 1. The molecular weight excluding hydrogens is 214 g/mol. The Labute approximate surface area is 104 Å². The van der Waals surface area contributed by atoms with Crippen LogP contribution >= 0.6 is 0 Å². The zero-order valence-corrected chi connectivity index (χ0v) is 11.1. The highest BCUT2D eigenvalue weighted by molar-refractivity contribution is 5.13. The molecule has 0 amide bonds. The highest BCUT2D eigenvalue weighted by Crippen LogP contribution is 2.35. The summed E-state index contributed by atoms with van der Waals surface area (Å²) in [6.45, 7) is 6.65. The largest absolute Gasteiger partial charge is 0.469 e. The lowest BCUT2D eigenvalue weighted by Gasteiger charge is -2.40. The van der Waals surface area contributed by atoms with Crippen molar-refractivity contribution < 1.29 is 9.15 Å². The second-order valence-electron chi connectivity index (χ2n) is 5.17. The molecule has 96 valence electrons. The molecule has 2 rings (SSSR count). The monoisotopic (exact) mass is 237 g/mol. The van der Waals surface area contributed by atoms with Crippen molar-refractivity contribution in [1.82, 2.24) is 4.90 Å². The Morgan fingerprint density at radius 3 is 2.65 bits per heavy atom. The highest BCUT2D eigenvalue weighted by atomic mass is 16.5.